The van der Waals surface area contributed by atoms with Crippen LogP contribution in [-0.4, -0.2) is 19.5 Å². The van der Waals surface area contributed by atoms with Crippen molar-refractivity contribution in [3.8, 4) is 11.3 Å². The summed E-state index contributed by atoms with van der Waals surface area (Å²) < 4.78 is 14.8. The van der Waals surface area contributed by atoms with Gasteiger partial charge in [0.1, 0.15) is 11.3 Å². The molecule has 0 radical (unpaired) electrons. The van der Waals surface area contributed by atoms with Crippen LogP contribution >= 0.6 is 0 Å². The summed E-state index contributed by atoms with van der Waals surface area (Å²) in [5.41, 5.74) is 6.37. The first-order valence-electron chi connectivity index (χ1n) is 11.5. The summed E-state index contributed by atoms with van der Waals surface area (Å²) in [7, 11) is 1.74. The topological polar surface area (TPSA) is 84.7 Å². The molecule has 0 saturated heterocycles. The smallest absolute Gasteiger partial charge is 0.277 e. The minimum atomic E-state index is -0.257. The van der Waals surface area contributed by atoms with Crippen molar-refractivity contribution in [1.29, 1.82) is 0 Å². The lowest BCUT2D eigenvalue weighted by Gasteiger charge is -2.15. The SMILES string of the molecule is Cc1ccc(Nc2ncc3cc(-c4cc(NCc5ccc(F)cc5)ccc4C)n(C)c(=O)c3n2)cn1. The number of fused-ring (bicyclic) bond motifs is 1. The number of aromatic nitrogens is 4. The second kappa shape index (κ2) is 9.58. The van der Waals surface area contributed by atoms with E-state index in [1.165, 1.54) is 12.1 Å². The van der Waals surface area contributed by atoms with Crippen molar-refractivity contribution in [1.82, 2.24) is 19.5 Å². The number of rotatable bonds is 6. The van der Waals surface area contributed by atoms with Crippen molar-refractivity contribution < 1.29 is 4.39 Å². The average molecular weight is 481 g/mol. The third-order valence-corrected chi connectivity index (χ3v) is 6.07. The van der Waals surface area contributed by atoms with Gasteiger partial charge in [-0.1, -0.05) is 18.2 Å². The van der Waals surface area contributed by atoms with Crippen LogP contribution in [0.15, 0.2) is 77.9 Å². The highest BCUT2D eigenvalue weighted by Crippen LogP contribution is 2.28. The van der Waals surface area contributed by atoms with Crippen molar-refractivity contribution in [2.24, 2.45) is 7.05 Å². The Morgan fingerprint density at radius 1 is 0.917 bits per heavy atom. The van der Waals surface area contributed by atoms with E-state index in [0.717, 1.165) is 39.5 Å². The van der Waals surface area contributed by atoms with Crippen LogP contribution in [0.25, 0.3) is 22.2 Å². The van der Waals surface area contributed by atoms with Crippen molar-refractivity contribution in [3.05, 3.63) is 106 Å². The maximum atomic E-state index is 13.3. The summed E-state index contributed by atoms with van der Waals surface area (Å²) in [5, 5.41) is 7.13. The fourth-order valence-electron chi connectivity index (χ4n) is 3.98. The molecule has 0 aliphatic heterocycles. The van der Waals surface area contributed by atoms with Gasteiger partial charge in [0.15, 0.2) is 0 Å². The average Bonchev–Trinajstić information content (AvgIpc) is 2.88. The quantitative estimate of drug-likeness (QED) is 0.334. The molecule has 2 aromatic carbocycles. The van der Waals surface area contributed by atoms with E-state index in [1.54, 1.807) is 36.1 Å². The van der Waals surface area contributed by atoms with Crippen molar-refractivity contribution in [2.45, 2.75) is 20.4 Å². The molecule has 3 heterocycles. The van der Waals surface area contributed by atoms with E-state index in [2.05, 4.69) is 25.6 Å². The van der Waals surface area contributed by atoms with Gasteiger partial charge in [-0.15, -0.1) is 0 Å². The third kappa shape index (κ3) is 4.79. The number of aryl methyl sites for hydroxylation is 2. The standard InChI is InChI=1S/C28H25FN6O/c1-17-4-10-22(31-14-19-6-8-21(29)9-7-19)13-24(17)25-12-20-15-32-28(34-26(20)27(36)35(25)3)33-23-11-5-18(2)30-16-23/h4-13,15-16,31H,14H2,1-3H3,(H,32,33,34). The number of benzene rings is 2. The lowest BCUT2D eigenvalue weighted by Crippen LogP contribution is -2.20. The predicted octanol–water partition coefficient (Wildman–Crippen LogP) is 5.50. The minimum Gasteiger partial charge on any atom is -0.381 e. The van der Waals surface area contributed by atoms with E-state index in [0.29, 0.717) is 23.4 Å². The Balaban J connectivity index is 1.46. The van der Waals surface area contributed by atoms with E-state index in [-0.39, 0.29) is 11.4 Å². The van der Waals surface area contributed by atoms with Gasteiger partial charge in [0, 0.05) is 42.1 Å². The number of pyridine rings is 2. The second-order valence-electron chi connectivity index (χ2n) is 8.71. The van der Waals surface area contributed by atoms with Gasteiger partial charge in [-0.25, -0.2) is 14.4 Å². The van der Waals surface area contributed by atoms with Crippen LogP contribution in [0.5, 0.6) is 0 Å². The summed E-state index contributed by atoms with van der Waals surface area (Å²) in [5.74, 6) is 0.0776. The second-order valence-corrected chi connectivity index (χ2v) is 8.71. The number of halogens is 1. The zero-order valence-electron chi connectivity index (χ0n) is 20.2. The Kier molecular flexibility index (Phi) is 6.16. The van der Waals surface area contributed by atoms with Crippen molar-refractivity contribution in [2.75, 3.05) is 10.6 Å². The van der Waals surface area contributed by atoms with Gasteiger partial charge in [0.25, 0.3) is 5.56 Å². The first-order valence-corrected chi connectivity index (χ1v) is 11.5. The van der Waals surface area contributed by atoms with Gasteiger partial charge >= 0.3 is 0 Å². The molecule has 0 saturated carbocycles. The van der Waals surface area contributed by atoms with Gasteiger partial charge < -0.3 is 15.2 Å². The van der Waals surface area contributed by atoms with Gasteiger partial charge in [-0.05, 0) is 67.4 Å². The molecule has 0 atom stereocenters. The fourth-order valence-corrected chi connectivity index (χ4v) is 3.98. The Morgan fingerprint density at radius 3 is 2.44 bits per heavy atom. The first-order chi connectivity index (χ1) is 17.4. The van der Waals surface area contributed by atoms with E-state index >= 15 is 0 Å². The van der Waals surface area contributed by atoms with Crippen molar-refractivity contribution >= 4 is 28.2 Å². The molecule has 5 rings (SSSR count). The van der Waals surface area contributed by atoms with E-state index in [1.807, 2.05) is 50.2 Å². The summed E-state index contributed by atoms with van der Waals surface area (Å²) in [6.45, 7) is 4.48. The zero-order valence-corrected chi connectivity index (χ0v) is 20.2. The molecule has 0 spiro atoms. The molecule has 0 unspecified atom stereocenters. The highest BCUT2D eigenvalue weighted by atomic mass is 19.1. The Bertz CT molecular complexity index is 1610. The van der Waals surface area contributed by atoms with E-state index in [4.69, 9.17) is 0 Å². The summed E-state index contributed by atoms with van der Waals surface area (Å²) in [6.07, 6.45) is 3.35. The van der Waals surface area contributed by atoms with Gasteiger partial charge in [0.05, 0.1) is 17.6 Å². The Hall–Kier alpha value is -4.59. The number of hydrogen-bond donors (Lipinski definition) is 2. The molecule has 0 aliphatic carbocycles. The van der Waals surface area contributed by atoms with Crippen LogP contribution in [0.2, 0.25) is 0 Å². The molecular formula is C28H25FN6O. The van der Waals surface area contributed by atoms with Crippen molar-refractivity contribution in [3.63, 3.8) is 0 Å². The van der Waals surface area contributed by atoms with Crippen LogP contribution in [0.1, 0.15) is 16.8 Å². The summed E-state index contributed by atoms with van der Waals surface area (Å²) in [4.78, 5) is 26.4. The summed E-state index contributed by atoms with van der Waals surface area (Å²) >= 11 is 0. The molecule has 0 amide bonds. The molecule has 2 N–H and O–H groups in total. The van der Waals surface area contributed by atoms with Crippen LogP contribution in [-0.2, 0) is 13.6 Å². The van der Waals surface area contributed by atoms with Crippen LogP contribution in [0, 0.1) is 19.7 Å². The molecule has 180 valence electrons. The molecule has 0 fully saturated rings. The van der Waals surface area contributed by atoms with Gasteiger partial charge in [-0.2, -0.15) is 0 Å². The molecule has 3 aromatic heterocycles. The maximum Gasteiger partial charge on any atom is 0.277 e. The molecule has 0 bridgehead atoms. The van der Waals surface area contributed by atoms with Gasteiger partial charge in [0.2, 0.25) is 5.95 Å². The molecule has 8 heteroatoms. The van der Waals surface area contributed by atoms with Crippen LogP contribution < -0.4 is 16.2 Å². The number of nitrogens with zero attached hydrogens (tertiary/aromatic N) is 4. The largest absolute Gasteiger partial charge is 0.381 e. The lowest BCUT2D eigenvalue weighted by molar-refractivity contribution is 0.627. The highest BCUT2D eigenvalue weighted by molar-refractivity contribution is 5.84. The number of hydrogen-bond acceptors (Lipinski definition) is 6. The highest BCUT2D eigenvalue weighted by Gasteiger charge is 2.13. The Morgan fingerprint density at radius 2 is 1.69 bits per heavy atom. The third-order valence-electron chi connectivity index (χ3n) is 6.07. The normalized spacial score (nSPS) is 11.0. The van der Waals surface area contributed by atoms with Crippen LogP contribution in [0.3, 0.4) is 0 Å². The summed E-state index contributed by atoms with van der Waals surface area (Å²) in [6, 6.07) is 18.1. The number of anilines is 3. The molecule has 36 heavy (non-hydrogen) atoms. The molecule has 0 aliphatic rings. The lowest BCUT2D eigenvalue weighted by atomic mass is 10.0. The zero-order chi connectivity index (χ0) is 25.2. The minimum absolute atomic E-state index is 0.209. The molecule has 7 nitrogen and oxygen atoms in total. The maximum absolute atomic E-state index is 13.3. The predicted molar refractivity (Wildman–Crippen MR) is 141 cm³/mol. The fraction of sp³-hybridized carbons (Fsp3) is 0.143. The van der Waals surface area contributed by atoms with E-state index in [9.17, 15) is 9.18 Å². The Labute approximate surface area is 207 Å². The monoisotopic (exact) mass is 480 g/mol. The van der Waals surface area contributed by atoms with E-state index < -0.39 is 0 Å². The van der Waals surface area contributed by atoms with Crippen LogP contribution in [0.4, 0.5) is 21.7 Å². The first kappa shape index (κ1) is 23.2. The number of nitrogens with one attached hydrogen (secondary N) is 2. The molecular weight excluding hydrogens is 455 g/mol. The van der Waals surface area contributed by atoms with Gasteiger partial charge in [-0.3, -0.25) is 9.78 Å². The molecule has 5 aromatic rings.